The van der Waals surface area contributed by atoms with Gasteiger partial charge in [-0.05, 0) is 38.5 Å². The van der Waals surface area contributed by atoms with Crippen LogP contribution in [0.4, 0.5) is 0 Å². The highest BCUT2D eigenvalue weighted by atomic mass is 16.2. The minimum Gasteiger partial charge on any atom is -0.368 e. The number of hydrogen-bond acceptors (Lipinski definition) is 6. The lowest BCUT2D eigenvalue weighted by molar-refractivity contribution is -0.142. The highest BCUT2D eigenvalue weighted by Crippen LogP contribution is 2.20. The number of amides is 4. The van der Waals surface area contributed by atoms with E-state index >= 15 is 0 Å². The van der Waals surface area contributed by atoms with Gasteiger partial charge in [-0.1, -0.05) is 27.2 Å². The largest absolute Gasteiger partial charge is 0.368 e. The number of nitrogens with two attached hydrogens (primary N) is 2. The van der Waals surface area contributed by atoms with E-state index in [1.54, 1.807) is 7.98 Å². The molecule has 7 N–H and O–H groups in total. The van der Waals surface area contributed by atoms with Crippen molar-refractivity contribution in [2.45, 2.75) is 90.0 Å². The maximum absolute atomic E-state index is 13.5. The molecule has 1 saturated heterocycles. The van der Waals surface area contributed by atoms with Crippen LogP contribution >= 0.6 is 0 Å². The Morgan fingerprint density at radius 1 is 1.16 bits per heavy atom. The smallest absolute Gasteiger partial charge is 0.247 e. The monoisotopic (exact) mass is 438 g/mol. The van der Waals surface area contributed by atoms with Crippen molar-refractivity contribution >= 4 is 31.6 Å². The average molecular weight is 438 g/mol. The van der Waals surface area contributed by atoms with Gasteiger partial charge in [0.05, 0.1) is 6.04 Å². The van der Waals surface area contributed by atoms with Crippen LogP contribution in [0.3, 0.4) is 0 Å². The molecule has 10 nitrogen and oxygen atoms in total. The Hall–Kier alpha value is -2.14. The average Bonchev–Trinajstić information content (AvgIpc) is 3.19. The van der Waals surface area contributed by atoms with E-state index in [2.05, 4.69) is 15.9 Å². The highest BCUT2D eigenvalue weighted by molar-refractivity contribution is 6.05. The molecule has 1 rings (SSSR count). The van der Waals surface area contributed by atoms with Crippen molar-refractivity contribution in [2.24, 2.45) is 17.4 Å². The highest BCUT2D eigenvalue weighted by Gasteiger charge is 2.40. The predicted octanol–water partition coefficient (Wildman–Crippen LogP) is -1.87. The molecule has 5 unspecified atom stereocenters. The van der Waals surface area contributed by atoms with Crippen molar-refractivity contribution in [1.82, 2.24) is 20.8 Å². The quantitative estimate of drug-likeness (QED) is 0.225. The molecule has 0 bridgehead atoms. The molecule has 1 heterocycles. The predicted molar refractivity (Wildman–Crippen MR) is 121 cm³/mol. The summed E-state index contributed by atoms with van der Waals surface area (Å²) in [6, 6.07) is -3.42. The molecular weight excluding hydrogens is 399 g/mol. The molecule has 0 aromatic rings. The van der Waals surface area contributed by atoms with E-state index in [1.165, 1.54) is 11.8 Å². The Morgan fingerprint density at radius 2 is 1.81 bits per heavy atom. The molecular formula is C20H39BN6O4. The molecule has 31 heavy (non-hydrogen) atoms. The van der Waals surface area contributed by atoms with Gasteiger partial charge in [-0.3, -0.25) is 19.2 Å². The Morgan fingerprint density at radius 3 is 2.32 bits per heavy atom. The molecule has 1 aliphatic rings. The van der Waals surface area contributed by atoms with Crippen LogP contribution in [0.25, 0.3) is 0 Å². The van der Waals surface area contributed by atoms with E-state index in [-0.39, 0.29) is 23.8 Å². The SMILES string of the molecule is BNC(CCC)C(NC(=O)C(N)CC(C)C)C(=O)N1CCCC1C(=O)NC(C)C(N)=O. The first-order valence-electron chi connectivity index (χ1n) is 11.2. The first kappa shape index (κ1) is 26.9. The maximum Gasteiger partial charge on any atom is 0.247 e. The number of rotatable bonds is 12. The summed E-state index contributed by atoms with van der Waals surface area (Å²) in [6.07, 6.45) is 3.11. The fourth-order valence-electron chi connectivity index (χ4n) is 3.86. The van der Waals surface area contributed by atoms with Crippen LogP contribution in [0.1, 0.15) is 59.8 Å². The van der Waals surface area contributed by atoms with Gasteiger partial charge >= 0.3 is 0 Å². The Kier molecular flexibility index (Phi) is 11.0. The summed E-state index contributed by atoms with van der Waals surface area (Å²) < 4.78 is 0. The number of nitrogens with one attached hydrogen (secondary N) is 3. The third-order valence-corrected chi connectivity index (χ3v) is 5.62. The first-order valence-corrected chi connectivity index (χ1v) is 11.2. The normalized spacial score (nSPS) is 20.1. The number of nitrogens with zero attached hydrogens (tertiary/aromatic N) is 1. The van der Waals surface area contributed by atoms with Crippen molar-refractivity contribution in [3.8, 4) is 0 Å². The van der Waals surface area contributed by atoms with Crippen LogP contribution in [0.2, 0.25) is 0 Å². The van der Waals surface area contributed by atoms with Gasteiger partial charge in [0.1, 0.15) is 18.1 Å². The third kappa shape index (κ3) is 7.81. The molecule has 0 aromatic heterocycles. The fraction of sp³-hybridized carbons (Fsp3) is 0.800. The lowest BCUT2D eigenvalue weighted by atomic mass is 9.97. The topological polar surface area (TPSA) is 160 Å². The summed E-state index contributed by atoms with van der Waals surface area (Å²) in [5.41, 5.74) is 11.3. The Labute approximate surface area is 186 Å². The van der Waals surface area contributed by atoms with Gasteiger partial charge < -0.3 is 32.2 Å². The summed E-state index contributed by atoms with van der Waals surface area (Å²) >= 11 is 0. The van der Waals surface area contributed by atoms with E-state index < -0.39 is 36.0 Å². The van der Waals surface area contributed by atoms with Gasteiger partial charge in [-0.25, -0.2) is 0 Å². The zero-order valence-corrected chi connectivity index (χ0v) is 19.4. The number of likely N-dealkylation sites (tertiary alicyclic amines) is 1. The van der Waals surface area contributed by atoms with Crippen LogP contribution < -0.4 is 27.3 Å². The van der Waals surface area contributed by atoms with Gasteiger partial charge in [-0.15, -0.1) is 0 Å². The molecule has 1 aliphatic heterocycles. The molecule has 5 atom stereocenters. The first-order chi connectivity index (χ1) is 14.5. The van der Waals surface area contributed by atoms with Crippen LogP contribution in [-0.2, 0) is 19.2 Å². The van der Waals surface area contributed by atoms with Crippen LogP contribution in [-0.4, -0.2) is 73.3 Å². The van der Waals surface area contributed by atoms with E-state index in [4.69, 9.17) is 11.5 Å². The van der Waals surface area contributed by atoms with Crippen molar-refractivity contribution in [2.75, 3.05) is 6.54 Å². The van der Waals surface area contributed by atoms with Crippen LogP contribution in [0.15, 0.2) is 0 Å². The van der Waals surface area contributed by atoms with Crippen LogP contribution in [0, 0.1) is 5.92 Å². The molecule has 11 heteroatoms. The summed E-state index contributed by atoms with van der Waals surface area (Å²) in [7, 11) is 1.74. The van der Waals surface area contributed by atoms with Gasteiger partial charge in [0.2, 0.25) is 23.6 Å². The molecule has 0 aromatic carbocycles. The minimum atomic E-state index is -0.849. The second kappa shape index (κ2) is 12.7. The van der Waals surface area contributed by atoms with E-state index in [0.717, 1.165) is 6.42 Å². The third-order valence-electron chi connectivity index (χ3n) is 5.62. The van der Waals surface area contributed by atoms with Gasteiger partial charge in [0.15, 0.2) is 7.98 Å². The van der Waals surface area contributed by atoms with E-state index in [1.807, 2.05) is 20.8 Å². The number of carbonyl (C=O) groups excluding carboxylic acids is 4. The summed E-state index contributed by atoms with van der Waals surface area (Å²) in [5.74, 6) is -1.54. The van der Waals surface area contributed by atoms with Crippen LogP contribution in [0.5, 0.6) is 0 Å². The standard InChI is InChI=1S/C20H39BN6O4/c1-5-7-14(26-21)16(25-18(29)13(22)10-11(2)3)20(31)27-9-6-8-15(27)19(30)24-12(4)17(23)28/h11-16,26H,5-10,21-22H2,1-4H3,(H2,23,28)(H,24,30)(H,25,29). The molecule has 1 fully saturated rings. The fourth-order valence-corrected chi connectivity index (χ4v) is 3.86. The lowest BCUT2D eigenvalue weighted by Crippen LogP contribution is -2.62. The second-order valence-corrected chi connectivity index (χ2v) is 8.73. The van der Waals surface area contributed by atoms with E-state index in [9.17, 15) is 19.2 Å². The summed E-state index contributed by atoms with van der Waals surface area (Å²) in [6.45, 7) is 7.84. The molecule has 4 amide bonds. The van der Waals surface area contributed by atoms with Crippen molar-refractivity contribution in [3.05, 3.63) is 0 Å². The minimum absolute atomic E-state index is 0.240. The molecule has 0 radical (unpaired) electrons. The molecule has 0 spiro atoms. The van der Waals surface area contributed by atoms with Crippen molar-refractivity contribution in [1.29, 1.82) is 0 Å². The zero-order chi connectivity index (χ0) is 23.7. The number of hydrogen-bond donors (Lipinski definition) is 5. The van der Waals surface area contributed by atoms with Gasteiger partial charge in [-0.2, -0.15) is 0 Å². The maximum atomic E-state index is 13.5. The Bertz CT molecular complexity index is 647. The van der Waals surface area contributed by atoms with E-state index in [0.29, 0.717) is 32.2 Å². The number of carbonyl (C=O) groups is 4. The lowest BCUT2D eigenvalue weighted by Gasteiger charge is -2.34. The van der Waals surface area contributed by atoms with Gasteiger partial charge in [0, 0.05) is 12.6 Å². The Balaban J connectivity index is 3.05. The van der Waals surface area contributed by atoms with Crippen molar-refractivity contribution in [3.63, 3.8) is 0 Å². The van der Waals surface area contributed by atoms with Crippen molar-refractivity contribution < 1.29 is 19.2 Å². The summed E-state index contributed by atoms with van der Waals surface area (Å²) in [5, 5.41) is 8.51. The van der Waals surface area contributed by atoms with Gasteiger partial charge in [0.25, 0.3) is 0 Å². The number of primary amides is 1. The second-order valence-electron chi connectivity index (χ2n) is 8.73. The molecule has 176 valence electrons. The summed E-state index contributed by atoms with van der Waals surface area (Å²) in [4.78, 5) is 51.7. The molecule has 0 saturated carbocycles. The zero-order valence-electron chi connectivity index (χ0n) is 19.4. The molecule has 0 aliphatic carbocycles.